The molecule has 1 aliphatic heterocycles. The summed E-state index contributed by atoms with van der Waals surface area (Å²) in [4.78, 5) is 25.8. The molecule has 2 N–H and O–H groups in total. The van der Waals surface area contributed by atoms with Crippen LogP contribution in [0.5, 0.6) is 5.75 Å². The first-order valence-corrected chi connectivity index (χ1v) is 8.44. The molecule has 1 aromatic carbocycles. The zero-order valence-electron chi connectivity index (χ0n) is 12.6. The van der Waals surface area contributed by atoms with Crippen molar-refractivity contribution in [2.24, 2.45) is 5.73 Å². The third-order valence-electron chi connectivity index (χ3n) is 3.93. The van der Waals surface area contributed by atoms with Gasteiger partial charge in [0.1, 0.15) is 5.75 Å². The van der Waals surface area contributed by atoms with E-state index in [0.29, 0.717) is 25.1 Å². The Balaban J connectivity index is 1.92. The van der Waals surface area contributed by atoms with E-state index in [1.807, 2.05) is 35.0 Å². The second kappa shape index (κ2) is 6.83. The molecule has 0 aliphatic carbocycles. The van der Waals surface area contributed by atoms with Gasteiger partial charge < -0.3 is 15.4 Å². The Morgan fingerprint density at radius 2 is 2.13 bits per heavy atom. The number of fused-ring (bicyclic) bond motifs is 1. The number of nitrogens with zero attached hydrogens (tertiary/aromatic N) is 1. The van der Waals surface area contributed by atoms with Crippen LogP contribution in [-0.4, -0.2) is 29.9 Å². The van der Waals surface area contributed by atoms with Gasteiger partial charge in [-0.05, 0) is 17.5 Å². The lowest BCUT2D eigenvalue weighted by Crippen LogP contribution is -2.39. The highest BCUT2D eigenvalue weighted by molar-refractivity contribution is 7.08. The lowest BCUT2D eigenvalue weighted by atomic mass is 9.98. The summed E-state index contributed by atoms with van der Waals surface area (Å²) in [6.07, 6.45) is 0.848. The number of primary amides is 1. The van der Waals surface area contributed by atoms with Gasteiger partial charge in [0.2, 0.25) is 5.91 Å². The van der Waals surface area contributed by atoms with Crippen LogP contribution >= 0.6 is 11.3 Å². The Morgan fingerprint density at radius 3 is 2.87 bits per heavy atom. The first kappa shape index (κ1) is 15.6. The van der Waals surface area contributed by atoms with Crippen molar-refractivity contribution in [3.63, 3.8) is 0 Å². The van der Waals surface area contributed by atoms with Crippen LogP contribution in [0.2, 0.25) is 0 Å². The van der Waals surface area contributed by atoms with Gasteiger partial charge in [-0.15, -0.1) is 0 Å². The predicted octanol–water partition coefficient (Wildman–Crippen LogP) is 2.59. The number of amides is 2. The third kappa shape index (κ3) is 3.37. The number of benzene rings is 1. The molecule has 0 radical (unpaired) electrons. The summed E-state index contributed by atoms with van der Waals surface area (Å²) in [5.41, 5.74) is 6.90. The summed E-state index contributed by atoms with van der Waals surface area (Å²) in [6.45, 7) is 0.856. The summed E-state index contributed by atoms with van der Waals surface area (Å²) >= 11 is 1.48. The molecule has 1 aromatic heterocycles. The molecule has 120 valence electrons. The number of carbonyl (C=O) groups excluding carboxylic acids is 2. The fourth-order valence-electron chi connectivity index (χ4n) is 2.83. The van der Waals surface area contributed by atoms with Crippen molar-refractivity contribution in [3.8, 4) is 5.75 Å². The van der Waals surface area contributed by atoms with Crippen LogP contribution in [0.3, 0.4) is 0 Å². The molecule has 1 aliphatic rings. The van der Waals surface area contributed by atoms with Crippen LogP contribution in [0, 0.1) is 0 Å². The minimum atomic E-state index is -0.409. The zero-order valence-corrected chi connectivity index (χ0v) is 13.4. The second-order valence-electron chi connectivity index (χ2n) is 5.42. The van der Waals surface area contributed by atoms with Crippen LogP contribution in [0.25, 0.3) is 0 Å². The van der Waals surface area contributed by atoms with Gasteiger partial charge in [0, 0.05) is 30.3 Å². The number of carbonyl (C=O) groups is 2. The van der Waals surface area contributed by atoms with Crippen molar-refractivity contribution in [2.45, 2.75) is 18.9 Å². The first-order valence-electron chi connectivity index (χ1n) is 7.50. The molecule has 0 fully saturated rings. The molecule has 0 saturated heterocycles. The van der Waals surface area contributed by atoms with Gasteiger partial charge in [-0.2, -0.15) is 11.3 Å². The molecule has 2 amide bonds. The lowest BCUT2D eigenvalue weighted by molar-refractivity contribution is -0.118. The second-order valence-corrected chi connectivity index (χ2v) is 6.20. The number of thiophene rings is 1. The van der Waals surface area contributed by atoms with Crippen LogP contribution in [0.15, 0.2) is 41.1 Å². The van der Waals surface area contributed by atoms with E-state index in [1.165, 1.54) is 11.3 Å². The van der Waals surface area contributed by atoms with Crippen LogP contribution in [0.4, 0.5) is 0 Å². The molecule has 2 heterocycles. The van der Waals surface area contributed by atoms with Crippen molar-refractivity contribution < 1.29 is 14.3 Å². The van der Waals surface area contributed by atoms with E-state index in [2.05, 4.69) is 0 Å². The minimum Gasteiger partial charge on any atom is -0.493 e. The van der Waals surface area contributed by atoms with E-state index in [9.17, 15) is 9.59 Å². The molecule has 3 rings (SSSR count). The molecule has 1 unspecified atom stereocenters. The van der Waals surface area contributed by atoms with Crippen LogP contribution in [0.1, 0.15) is 34.8 Å². The van der Waals surface area contributed by atoms with Gasteiger partial charge in [0.25, 0.3) is 5.91 Å². The van der Waals surface area contributed by atoms with Gasteiger partial charge >= 0.3 is 0 Å². The summed E-state index contributed by atoms with van der Waals surface area (Å²) in [6, 6.07) is 9.42. The molecule has 23 heavy (non-hydrogen) atoms. The summed E-state index contributed by atoms with van der Waals surface area (Å²) in [5.74, 6) is 0.314. The fourth-order valence-corrected chi connectivity index (χ4v) is 3.46. The van der Waals surface area contributed by atoms with Gasteiger partial charge in [-0.3, -0.25) is 9.59 Å². The van der Waals surface area contributed by atoms with Crippen molar-refractivity contribution in [2.75, 3.05) is 13.2 Å². The molecule has 6 heteroatoms. The smallest absolute Gasteiger partial charge is 0.255 e. The zero-order chi connectivity index (χ0) is 16.2. The topological polar surface area (TPSA) is 72.6 Å². The predicted molar refractivity (Wildman–Crippen MR) is 88.5 cm³/mol. The number of nitrogens with two attached hydrogens (primary N) is 1. The van der Waals surface area contributed by atoms with E-state index < -0.39 is 5.91 Å². The monoisotopic (exact) mass is 330 g/mol. The molecular weight excluding hydrogens is 312 g/mol. The Kier molecular flexibility index (Phi) is 4.62. The van der Waals surface area contributed by atoms with Crippen molar-refractivity contribution in [1.29, 1.82) is 0 Å². The van der Waals surface area contributed by atoms with E-state index in [0.717, 1.165) is 11.3 Å². The van der Waals surface area contributed by atoms with E-state index in [4.69, 9.17) is 10.5 Å². The summed E-state index contributed by atoms with van der Waals surface area (Å²) in [5, 5.41) is 3.70. The normalized spacial score (nSPS) is 16.3. The van der Waals surface area contributed by atoms with E-state index in [1.54, 1.807) is 11.0 Å². The van der Waals surface area contributed by atoms with E-state index >= 15 is 0 Å². The highest BCUT2D eigenvalue weighted by Crippen LogP contribution is 2.36. The lowest BCUT2D eigenvalue weighted by Gasteiger charge is -2.35. The quantitative estimate of drug-likeness (QED) is 0.916. The molecule has 0 spiro atoms. The van der Waals surface area contributed by atoms with Gasteiger partial charge in [-0.25, -0.2) is 0 Å². The first-order chi connectivity index (χ1) is 11.2. The van der Waals surface area contributed by atoms with E-state index in [-0.39, 0.29) is 18.4 Å². The summed E-state index contributed by atoms with van der Waals surface area (Å²) in [7, 11) is 0. The molecule has 5 nitrogen and oxygen atoms in total. The molecule has 1 atom stereocenters. The Bertz CT molecular complexity index is 700. The maximum atomic E-state index is 12.9. The number of hydrogen-bond acceptors (Lipinski definition) is 4. The Hall–Kier alpha value is -2.34. The van der Waals surface area contributed by atoms with Gasteiger partial charge in [0.15, 0.2) is 0 Å². The third-order valence-corrected chi connectivity index (χ3v) is 4.61. The minimum absolute atomic E-state index is 0.0748. The Morgan fingerprint density at radius 1 is 1.30 bits per heavy atom. The highest BCUT2D eigenvalue weighted by atomic mass is 32.1. The van der Waals surface area contributed by atoms with Crippen molar-refractivity contribution in [3.05, 3.63) is 52.2 Å². The van der Waals surface area contributed by atoms with Crippen molar-refractivity contribution in [1.82, 2.24) is 4.90 Å². The maximum absolute atomic E-state index is 12.9. The standard InChI is InChI=1S/C17H18N2O3S/c18-16(20)5-8-19(17(21)12-7-10-23-11-12)14-6-9-22-15-4-2-1-3-13(14)15/h1-4,7,10-11,14H,5-6,8-9H2,(H2,18,20). The molecular formula is C17H18N2O3S. The molecule has 0 saturated carbocycles. The largest absolute Gasteiger partial charge is 0.493 e. The van der Waals surface area contributed by atoms with Crippen LogP contribution < -0.4 is 10.5 Å². The number of rotatable bonds is 5. The highest BCUT2D eigenvalue weighted by Gasteiger charge is 2.30. The average Bonchev–Trinajstić information content (AvgIpc) is 3.09. The SMILES string of the molecule is NC(=O)CCN(C(=O)c1ccsc1)C1CCOc2ccccc21. The Labute approximate surface area is 138 Å². The molecule has 0 bridgehead atoms. The average molecular weight is 330 g/mol. The van der Waals surface area contributed by atoms with Gasteiger partial charge in [0.05, 0.1) is 18.2 Å². The number of hydrogen-bond donors (Lipinski definition) is 1. The number of para-hydroxylation sites is 1. The fraction of sp³-hybridized carbons (Fsp3) is 0.294. The van der Waals surface area contributed by atoms with Gasteiger partial charge in [-0.1, -0.05) is 18.2 Å². The summed E-state index contributed by atoms with van der Waals surface area (Å²) < 4.78 is 5.67. The maximum Gasteiger partial charge on any atom is 0.255 e. The number of ether oxygens (including phenoxy) is 1. The van der Waals surface area contributed by atoms with Crippen molar-refractivity contribution >= 4 is 23.2 Å². The molecule has 2 aromatic rings. The van der Waals surface area contributed by atoms with Crippen LogP contribution in [-0.2, 0) is 4.79 Å².